The maximum absolute atomic E-state index is 10.6. The molecule has 2 aliphatic rings. The molecule has 2 heterocycles. The van der Waals surface area contributed by atoms with Gasteiger partial charge in [-0.25, -0.2) is 0 Å². The molecule has 2 bridgehead atoms. The summed E-state index contributed by atoms with van der Waals surface area (Å²) in [6.45, 7) is -0.0457. The predicted octanol–water partition coefficient (Wildman–Crippen LogP) is 3.24. The first-order valence-electron chi connectivity index (χ1n) is 8.92. The predicted molar refractivity (Wildman–Crippen MR) is 102 cm³/mol. The van der Waals surface area contributed by atoms with E-state index in [-0.39, 0.29) is 13.2 Å². The zero-order chi connectivity index (χ0) is 19.7. The van der Waals surface area contributed by atoms with Crippen molar-refractivity contribution < 1.29 is 29.2 Å². The van der Waals surface area contributed by atoms with Gasteiger partial charge in [-0.15, -0.1) is 0 Å². The van der Waals surface area contributed by atoms with E-state index in [4.69, 9.17) is 42.1 Å². The van der Waals surface area contributed by atoms with Crippen molar-refractivity contribution >= 4 is 23.2 Å². The van der Waals surface area contributed by atoms with Gasteiger partial charge in [0.25, 0.3) is 0 Å². The fourth-order valence-corrected chi connectivity index (χ4v) is 3.73. The van der Waals surface area contributed by atoms with Gasteiger partial charge in [0.1, 0.15) is 24.4 Å². The van der Waals surface area contributed by atoms with Crippen molar-refractivity contribution in [1.82, 2.24) is 0 Å². The van der Waals surface area contributed by atoms with Crippen molar-refractivity contribution in [2.45, 2.75) is 37.0 Å². The SMILES string of the molecule is O[C@@H]1[C@H]2OC(c3cccc(Cl)c3)O[C@H]1COC(c1cccc(Cl)c1)OC[C@H]2O. The molecular formula is C20H20Cl2O6. The molecule has 0 aliphatic carbocycles. The highest BCUT2D eigenvalue weighted by Gasteiger charge is 2.44. The van der Waals surface area contributed by atoms with E-state index in [2.05, 4.69) is 0 Å². The summed E-state index contributed by atoms with van der Waals surface area (Å²) in [6, 6.07) is 14.1. The Morgan fingerprint density at radius 3 is 2.04 bits per heavy atom. The average Bonchev–Trinajstić information content (AvgIpc) is 2.71. The van der Waals surface area contributed by atoms with Crippen LogP contribution in [-0.2, 0) is 18.9 Å². The molecular weight excluding hydrogens is 407 g/mol. The molecule has 0 aromatic heterocycles. The largest absolute Gasteiger partial charge is 0.388 e. The number of fused-ring (bicyclic) bond motifs is 2. The van der Waals surface area contributed by atoms with Crippen molar-refractivity contribution in [3.05, 3.63) is 69.7 Å². The van der Waals surface area contributed by atoms with E-state index in [1.54, 1.807) is 42.5 Å². The Kier molecular flexibility index (Phi) is 6.20. The summed E-state index contributed by atoms with van der Waals surface area (Å²) in [4.78, 5) is 0. The van der Waals surface area contributed by atoms with Crippen LogP contribution in [0.25, 0.3) is 0 Å². The van der Waals surface area contributed by atoms with E-state index in [0.29, 0.717) is 21.2 Å². The van der Waals surface area contributed by atoms with Crippen LogP contribution in [0.3, 0.4) is 0 Å². The third-order valence-electron chi connectivity index (χ3n) is 4.75. The number of ether oxygens (including phenoxy) is 4. The summed E-state index contributed by atoms with van der Waals surface area (Å²) in [5, 5.41) is 22.3. The average molecular weight is 427 g/mol. The third-order valence-corrected chi connectivity index (χ3v) is 5.22. The standard InChI is InChI=1S/C20H20Cl2O6/c21-13-5-1-3-11(7-13)19-25-9-15(23)18-17(24)16(10-26-19)27-20(28-18)12-4-2-6-14(22)8-12/h1-8,15-20,23-24H,9-10H2/t15-,16+,17+,18+,19?,20?/m1/s1. The van der Waals surface area contributed by atoms with Crippen molar-refractivity contribution in [2.24, 2.45) is 0 Å². The Bertz CT molecular complexity index is 819. The van der Waals surface area contributed by atoms with Crippen LogP contribution in [-0.4, -0.2) is 47.8 Å². The molecule has 0 spiro atoms. The summed E-state index contributed by atoms with van der Waals surface area (Å²) in [7, 11) is 0. The topological polar surface area (TPSA) is 77.4 Å². The monoisotopic (exact) mass is 426 g/mol. The molecule has 0 saturated carbocycles. The molecule has 0 amide bonds. The lowest BCUT2D eigenvalue weighted by atomic mass is 10.0. The zero-order valence-electron chi connectivity index (χ0n) is 14.8. The number of aliphatic hydroxyl groups excluding tert-OH is 2. The van der Waals surface area contributed by atoms with Crippen molar-refractivity contribution in [3.8, 4) is 0 Å². The van der Waals surface area contributed by atoms with Gasteiger partial charge in [-0.05, 0) is 24.3 Å². The molecule has 2 N–H and O–H groups in total. The zero-order valence-corrected chi connectivity index (χ0v) is 16.3. The number of benzene rings is 2. The number of rotatable bonds is 2. The first kappa shape index (κ1) is 20.1. The van der Waals surface area contributed by atoms with E-state index in [1.807, 2.05) is 6.07 Å². The Labute approximate surface area is 172 Å². The Balaban J connectivity index is 1.57. The number of hydrogen-bond acceptors (Lipinski definition) is 6. The fraction of sp³-hybridized carbons (Fsp3) is 0.400. The fourth-order valence-electron chi connectivity index (χ4n) is 3.33. The first-order valence-corrected chi connectivity index (χ1v) is 9.68. The highest BCUT2D eigenvalue weighted by atomic mass is 35.5. The highest BCUT2D eigenvalue weighted by molar-refractivity contribution is 6.30. The van der Waals surface area contributed by atoms with Crippen molar-refractivity contribution in [3.63, 3.8) is 0 Å². The maximum Gasteiger partial charge on any atom is 0.185 e. The maximum atomic E-state index is 10.6. The van der Waals surface area contributed by atoms with E-state index >= 15 is 0 Å². The molecule has 150 valence electrons. The lowest BCUT2D eigenvalue weighted by Gasteiger charge is -2.40. The second-order valence-corrected chi connectivity index (χ2v) is 7.65. The second-order valence-electron chi connectivity index (χ2n) is 6.77. The van der Waals surface area contributed by atoms with Gasteiger partial charge in [0.15, 0.2) is 12.6 Å². The van der Waals surface area contributed by atoms with Crippen molar-refractivity contribution in [2.75, 3.05) is 13.2 Å². The van der Waals surface area contributed by atoms with Gasteiger partial charge < -0.3 is 29.2 Å². The minimum Gasteiger partial charge on any atom is -0.388 e. The van der Waals surface area contributed by atoms with Crippen molar-refractivity contribution in [1.29, 1.82) is 0 Å². The number of aliphatic hydroxyl groups is 2. The van der Waals surface area contributed by atoms with Gasteiger partial charge in [-0.1, -0.05) is 47.5 Å². The van der Waals surface area contributed by atoms with Gasteiger partial charge in [0, 0.05) is 21.2 Å². The molecule has 4 rings (SSSR count). The molecule has 2 fully saturated rings. The molecule has 2 aromatic carbocycles. The van der Waals surface area contributed by atoms with Gasteiger partial charge in [0.05, 0.1) is 13.2 Å². The van der Waals surface area contributed by atoms with Crippen LogP contribution in [0.15, 0.2) is 48.5 Å². The lowest BCUT2D eigenvalue weighted by Crippen LogP contribution is -2.54. The smallest absolute Gasteiger partial charge is 0.185 e. The molecule has 8 heteroatoms. The quantitative estimate of drug-likeness (QED) is 0.767. The number of hydrogen-bond donors (Lipinski definition) is 2. The van der Waals surface area contributed by atoms with Gasteiger partial charge >= 0.3 is 0 Å². The summed E-state index contributed by atoms with van der Waals surface area (Å²) >= 11 is 12.1. The summed E-state index contributed by atoms with van der Waals surface area (Å²) in [6.07, 6.45) is -5.32. The van der Waals surface area contributed by atoms with Gasteiger partial charge in [-0.3, -0.25) is 0 Å². The first-order chi connectivity index (χ1) is 13.5. The van der Waals surface area contributed by atoms with E-state index in [0.717, 1.165) is 0 Å². The Hall–Kier alpha value is -1.22. The second kappa shape index (κ2) is 8.65. The normalized spacial score (nSPS) is 33.6. The van der Waals surface area contributed by atoms with Crippen LogP contribution >= 0.6 is 23.2 Å². The van der Waals surface area contributed by atoms with E-state index in [1.165, 1.54) is 0 Å². The van der Waals surface area contributed by atoms with Crippen LogP contribution < -0.4 is 0 Å². The minimum absolute atomic E-state index is 0.0436. The molecule has 2 saturated heterocycles. The van der Waals surface area contributed by atoms with Crippen LogP contribution in [0, 0.1) is 0 Å². The molecule has 6 atom stereocenters. The van der Waals surface area contributed by atoms with Gasteiger partial charge in [-0.2, -0.15) is 0 Å². The summed E-state index contributed by atoms with van der Waals surface area (Å²) < 4.78 is 23.3. The third kappa shape index (κ3) is 4.35. The van der Waals surface area contributed by atoms with Crippen LogP contribution in [0.1, 0.15) is 23.7 Å². The Morgan fingerprint density at radius 2 is 1.39 bits per heavy atom. The Morgan fingerprint density at radius 1 is 0.786 bits per heavy atom. The lowest BCUT2D eigenvalue weighted by molar-refractivity contribution is -0.308. The molecule has 2 aliphatic heterocycles. The summed E-state index contributed by atoms with van der Waals surface area (Å²) in [5.41, 5.74) is 1.39. The molecule has 2 unspecified atom stereocenters. The van der Waals surface area contributed by atoms with Crippen LogP contribution in [0.2, 0.25) is 10.0 Å². The van der Waals surface area contributed by atoms with Gasteiger partial charge in [0.2, 0.25) is 0 Å². The minimum atomic E-state index is -1.08. The van der Waals surface area contributed by atoms with E-state index in [9.17, 15) is 10.2 Å². The van der Waals surface area contributed by atoms with Crippen LogP contribution in [0.4, 0.5) is 0 Å². The molecule has 0 radical (unpaired) electrons. The van der Waals surface area contributed by atoms with E-state index < -0.39 is 37.0 Å². The molecule has 6 nitrogen and oxygen atoms in total. The highest BCUT2D eigenvalue weighted by Crippen LogP contribution is 2.35. The molecule has 2 aromatic rings. The van der Waals surface area contributed by atoms with Crippen LogP contribution in [0.5, 0.6) is 0 Å². The number of halogens is 2. The molecule has 28 heavy (non-hydrogen) atoms. The summed E-state index contributed by atoms with van der Waals surface area (Å²) in [5.74, 6) is 0.